The van der Waals surface area contributed by atoms with Crippen molar-refractivity contribution in [1.82, 2.24) is 0 Å². The molecule has 0 bridgehead atoms. The molecule has 1 heterocycles. The highest BCUT2D eigenvalue weighted by Gasteiger charge is 2.26. The topological polar surface area (TPSA) is 60.4 Å². The van der Waals surface area contributed by atoms with Crippen molar-refractivity contribution in [3.63, 3.8) is 0 Å². The molecule has 0 aromatic carbocycles. The molecule has 0 amide bonds. The van der Waals surface area contributed by atoms with E-state index >= 15 is 0 Å². The predicted molar refractivity (Wildman–Crippen MR) is 53.7 cm³/mol. The Labute approximate surface area is 94.8 Å². The van der Waals surface area contributed by atoms with Crippen LogP contribution in [0.5, 0.6) is 0 Å². The standard InChI is InChI=1S/C7H6ClFO4S2/c1-3-4(8)5(6(10)13-2)14-7(3)15(9,11)12/h1-2H3. The molecule has 4 nitrogen and oxygen atoms in total. The Bertz CT molecular complexity index is 505. The monoisotopic (exact) mass is 272 g/mol. The van der Waals surface area contributed by atoms with E-state index in [0.29, 0.717) is 11.3 Å². The summed E-state index contributed by atoms with van der Waals surface area (Å²) in [6.45, 7) is 1.32. The molecule has 1 aromatic heterocycles. The van der Waals surface area contributed by atoms with Crippen molar-refractivity contribution >= 4 is 39.1 Å². The van der Waals surface area contributed by atoms with Crippen molar-refractivity contribution in [3.05, 3.63) is 15.5 Å². The van der Waals surface area contributed by atoms with Gasteiger partial charge in [0.15, 0.2) is 4.21 Å². The van der Waals surface area contributed by atoms with Crippen molar-refractivity contribution in [2.45, 2.75) is 11.1 Å². The third-order valence-corrected chi connectivity index (χ3v) is 4.87. The summed E-state index contributed by atoms with van der Waals surface area (Å²) in [6.07, 6.45) is 0. The van der Waals surface area contributed by atoms with E-state index in [9.17, 15) is 17.1 Å². The first-order chi connectivity index (χ1) is 6.79. The van der Waals surface area contributed by atoms with Crippen LogP contribution in [0.4, 0.5) is 3.89 Å². The van der Waals surface area contributed by atoms with Gasteiger partial charge >= 0.3 is 16.2 Å². The Morgan fingerprint density at radius 1 is 1.53 bits per heavy atom. The number of ether oxygens (including phenoxy) is 1. The predicted octanol–water partition coefficient (Wildman–Crippen LogP) is 2.15. The van der Waals surface area contributed by atoms with Crippen LogP contribution in [0, 0.1) is 6.92 Å². The average Bonchev–Trinajstić information content (AvgIpc) is 2.42. The Hall–Kier alpha value is -0.660. The van der Waals surface area contributed by atoms with Crippen LogP contribution < -0.4 is 0 Å². The maximum atomic E-state index is 12.7. The number of hydrogen-bond donors (Lipinski definition) is 0. The van der Waals surface area contributed by atoms with Crippen molar-refractivity contribution in [2.24, 2.45) is 0 Å². The van der Waals surface area contributed by atoms with E-state index in [1.165, 1.54) is 6.92 Å². The molecule has 0 aliphatic heterocycles. The van der Waals surface area contributed by atoms with Crippen molar-refractivity contribution in [3.8, 4) is 0 Å². The van der Waals surface area contributed by atoms with Crippen molar-refractivity contribution in [1.29, 1.82) is 0 Å². The molecule has 0 saturated heterocycles. The van der Waals surface area contributed by atoms with E-state index in [2.05, 4.69) is 4.74 Å². The van der Waals surface area contributed by atoms with Gasteiger partial charge in [-0.1, -0.05) is 15.5 Å². The van der Waals surface area contributed by atoms with Gasteiger partial charge in [0, 0.05) is 5.56 Å². The molecule has 0 unspecified atom stereocenters. The Kier molecular flexibility index (Phi) is 3.37. The first kappa shape index (κ1) is 12.4. The van der Waals surface area contributed by atoms with Gasteiger partial charge in [0.05, 0.1) is 12.1 Å². The van der Waals surface area contributed by atoms with E-state index < -0.39 is 20.4 Å². The van der Waals surface area contributed by atoms with Crippen LogP contribution in [-0.4, -0.2) is 21.5 Å². The third-order valence-electron chi connectivity index (χ3n) is 1.62. The smallest absolute Gasteiger partial charge is 0.349 e. The summed E-state index contributed by atoms with van der Waals surface area (Å²) >= 11 is 6.13. The second-order valence-corrected chi connectivity index (χ2v) is 5.53. The van der Waals surface area contributed by atoms with Gasteiger partial charge in [-0.2, -0.15) is 8.42 Å². The summed E-state index contributed by atoms with van der Waals surface area (Å²) in [7, 11) is -3.73. The summed E-state index contributed by atoms with van der Waals surface area (Å²) in [5.74, 6) is -0.789. The van der Waals surface area contributed by atoms with Crippen LogP contribution in [0.3, 0.4) is 0 Å². The highest BCUT2D eigenvalue weighted by molar-refractivity contribution is 7.88. The number of methoxy groups -OCH3 is 1. The molecule has 1 aromatic rings. The lowest BCUT2D eigenvalue weighted by Gasteiger charge is -1.94. The largest absolute Gasteiger partial charge is 0.465 e. The number of carbonyl (C=O) groups excluding carboxylic acids is 1. The number of esters is 1. The molecule has 84 valence electrons. The Morgan fingerprint density at radius 2 is 2.07 bits per heavy atom. The van der Waals surface area contributed by atoms with E-state index in [4.69, 9.17) is 11.6 Å². The zero-order valence-corrected chi connectivity index (χ0v) is 10.1. The van der Waals surface area contributed by atoms with E-state index in [1.54, 1.807) is 0 Å². The molecule has 0 radical (unpaired) electrons. The number of thiophene rings is 1. The van der Waals surface area contributed by atoms with Crippen molar-refractivity contribution in [2.75, 3.05) is 7.11 Å². The van der Waals surface area contributed by atoms with Crippen LogP contribution in [0.1, 0.15) is 15.2 Å². The first-order valence-corrected chi connectivity index (χ1v) is 6.18. The number of carbonyl (C=O) groups is 1. The second kappa shape index (κ2) is 4.07. The Balaban J connectivity index is 3.44. The maximum absolute atomic E-state index is 12.7. The summed E-state index contributed by atoms with van der Waals surface area (Å²) in [4.78, 5) is 11.0. The molecule has 0 spiro atoms. The van der Waals surface area contributed by atoms with Crippen LogP contribution in [0.15, 0.2) is 4.21 Å². The lowest BCUT2D eigenvalue weighted by Crippen LogP contribution is -1.98. The van der Waals surface area contributed by atoms with Gasteiger partial charge < -0.3 is 4.74 Å². The molecular formula is C7H6ClFO4S2. The quantitative estimate of drug-likeness (QED) is 0.611. The fourth-order valence-electron chi connectivity index (χ4n) is 0.931. The second-order valence-electron chi connectivity index (χ2n) is 2.59. The Morgan fingerprint density at radius 3 is 2.40 bits per heavy atom. The van der Waals surface area contributed by atoms with Crippen LogP contribution >= 0.6 is 22.9 Å². The molecule has 0 atom stereocenters. The van der Waals surface area contributed by atoms with Gasteiger partial charge in [0.2, 0.25) is 0 Å². The molecule has 0 fully saturated rings. The van der Waals surface area contributed by atoms with Gasteiger partial charge in [0.1, 0.15) is 4.88 Å². The summed E-state index contributed by atoms with van der Waals surface area (Å²) in [5, 5.41) is -0.0944. The van der Waals surface area contributed by atoms with E-state index in [1.807, 2.05) is 0 Å². The minimum Gasteiger partial charge on any atom is -0.465 e. The van der Waals surface area contributed by atoms with Crippen molar-refractivity contribution < 1.29 is 21.8 Å². The number of rotatable bonds is 2. The molecule has 0 aliphatic carbocycles. The molecular weight excluding hydrogens is 267 g/mol. The van der Waals surface area contributed by atoms with Gasteiger partial charge in [-0.05, 0) is 6.92 Å². The fraction of sp³-hybridized carbons (Fsp3) is 0.286. The zero-order chi connectivity index (χ0) is 11.8. The zero-order valence-electron chi connectivity index (χ0n) is 7.71. The maximum Gasteiger partial charge on any atom is 0.349 e. The van der Waals surface area contributed by atoms with Gasteiger partial charge in [-0.15, -0.1) is 11.3 Å². The molecule has 0 aliphatic rings. The van der Waals surface area contributed by atoms with Gasteiger partial charge in [-0.25, -0.2) is 4.79 Å². The molecule has 8 heteroatoms. The van der Waals surface area contributed by atoms with Crippen LogP contribution in [0.25, 0.3) is 0 Å². The molecule has 0 N–H and O–H groups in total. The van der Waals surface area contributed by atoms with E-state index in [-0.39, 0.29) is 15.5 Å². The fourth-order valence-corrected chi connectivity index (χ4v) is 3.30. The van der Waals surface area contributed by atoms with Crippen LogP contribution in [-0.2, 0) is 15.0 Å². The minimum atomic E-state index is -4.85. The lowest BCUT2D eigenvalue weighted by molar-refractivity contribution is 0.0606. The highest BCUT2D eigenvalue weighted by atomic mass is 35.5. The summed E-state index contributed by atoms with van der Waals surface area (Å²) in [6, 6.07) is 0. The first-order valence-electron chi connectivity index (χ1n) is 3.61. The highest BCUT2D eigenvalue weighted by Crippen LogP contribution is 2.36. The van der Waals surface area contributed by atoms with Crippen LogP contribution in [0.2, 0.25) is 5.02 Å². The summed E-state index contributed by atoms with van der Waals surface area (Å²) < 4.78 is 37.8. The summed E-state index contributed by atoms with van der Waals surface area (Å²) in [5.41, 5.74) is 0.0181. The minimum absolute atomic E-state index is 0.0181. The average molecular weight is 273 g/mol. The normalized spacial score (nSPS) is 11.5. The molecule has 0 saturated carbocycles. The van der Waals surface area contributed by atoms with Gasteiger partial charge in [0.25, 0.3) is 0 Å². The van der Waals surface area contributed by atoms with E-state index in [0.717, 1.165) is 7.11 Å². The number of halogens is 2. The SMILES string of the molecule is COC(=O)c1sc(S(=O)(=O)F)c(C)c1Cl. The number of hydrogen-bond acceptors (Lipinski definition) is 5. The lowest BCUT2D eigenvalue weighted by atomic mass is 10.3. The molecule has 1 rings (SSSR count). The van der Waals surface area contributed by atoms with Gasteiger partial charge in [-0.3, -0.25) is 0 Å². The molecule has 15 heavy (non-hydrogen) atoms. The third kappa shape index (κ3) is 2.30.